The molecule has 0 unspecified atom stereocenters. The fourth-order valence-electron chi connectivity index (χ4n) is 11.6. The van der Waals surface area contributed by atoms with E-state index in [1.54, 1.807) is 0 Å². The van der Waals surface area contributed by atoms with E-state index in [-0.39, 0.29) is 0 Å². The first-order valence-electron chi connectivity index (χ1n) is 24.0. The van der Waals surface area contributed by atoms with Gasteiger partial charge in [0.1, 0.15) is 22.7 Å². The van der Waals surface area contributed by atoms with Crippen molar-refractivity contribution in [1.29, 1.82) is 0 Å². The molecule has 0 N–H and O–H groups in total. The minimum Gasteiger partial charge on any atom is -0.457 e. The second-order valence-corrected chi connectivity index (χ2v) is 18.3. The molecule has 2 heterocycles. The quantitative estimate of drug-likeness (QED) is 0.159. The number of hydrogen-bond donors (Lipinski definition) is 0. The van der Waals surface area contributed by atoms with E-state index in [9.17, 15) is 0 Å². The van der Waals surface area contributed by atoms with E-state index in [4.69, 9.17) is 9.15 Å². The molecule has 3 heteroatoms. The van der Waals surface area contributed by atoms with Crippen LogP contribution in [0.15, 0.2) is 265 Å². The maximum absolute atomic E-state index is 6.74. The maximum Gasteiger partial charge on any atom is 0.136 e. The number of para-hydroxylation sites is 3. The summed E-state index contributed by atoms with van der Waals surface area (Å²) in [6, 6.07) is 94.3. The van der Waals surface area contributed by atoms with E-state index in [0.29, 0.717) is 0 Å². The van der Waals surface area contributed by atoms with Crippen LogP contribution in [0.5, 0.6) is 11.5 Å². The smallest absolute Gasteiger partial charge is 0.136 e. The summed E-state index contributed by atoms with van der Waals surface area (Å²) < 4.78 is 13.1. The van der Waals surface area contributed by atoms with E-state index >= 15 is 0 Å². The molecule has 2 aliphatic rings. The van der Waals surface area contributed by atoms with Gasteiger partial charge in [-0.15, -0.1) is 0 Å². The Hall–Kier alpha value is -9.18. The topological polar surface area (TPSA) is 25.6 Å². The summed E-state index contributed by atoms with van der Waals surface area (Å²) in [4.78, 5) is 2.46. The number of ether oxygens (including phenoxy) is 1. The Labute approximate surface area is 406 Å². The largest absolute Gasteiger partial charge is 0.457 e. The molecule has 1 aromatic heterocycles. The SMILES string of the molecule is c1ccc(-c2ccccc2-c2ccc(N(c3ccc(-c4cccc5oc6ccccc6c45)cc3)c3ccc4c(c3)C3(c5ccccc5Oc5ccccc53)c3ccccc3-4)c(-c3ccccc3)c2)cc1. The molecule has 1 aliphatic carbocycles. The number of hydrogen-bond acceptors (Lipinski definition) is 3. The molecular formula is C67H43NO2. The van der Waals surface area contributed by atoms with Gasteiger partial charge in [-0.2, -0.15) is 0 Å². The zero-order chi connectivity index (χ0) is 46.2. The molecule has 1 aliphatic heterocycles. The van der Waals surface area contributed by atoms with Crippen molar-refractivity contribution < 1.29 is 9.15 Å². The summed E-state index contributed by atoms with van der Waals surface area (Å²) in [5, 5.41) is 2.24. The highest BCUT2D eigenvalue weighted by Crippen LogP contribution is 2.63. The summed E-state index contributed by atoms with van der Waals surface area (Å²) in [5.41, 5.74) is 20.8. The van der Waals surface area contributed by atoms with Crippen LogP contribution in [0.25, 0.3) is 77.6 Å². The predicted molar refractivity (Wildman–Crippen MR) is 288 cm³/mol. The van der Waals surface area contributed by atoms with Crippen molar-refractivity contribution in [3.63, 3.8) is 0 Å². The highest BCUT2D eigenvalue weighted by atomic mass is 16.5. The van der Waals surface area contributed by atoms with E-state index in [0.717, 1.165) is 89.4 Å². The van der Waals surface area contributed by atoms with Gasteiger partial charge in [-0.05, 0) is 122 Å². The van der Waals surface area contributed by atoms with Gasteiger partial charge in [0.15, 0.2) is 0 Å². The third-order valence-corrected chi connectivity index (χ3v) is 14.6. The Bertz CT molecular complexity index is 3940. The Balaban J connectivity index is 1.02. The lowest BCUT2D eigenvalue weighted by molar-refractivity contribution is 0.436. The van der Waals surface area contributed by atoms with Crippen LogP contribution < -0.4 is 9.64 Å². The fourth-order valence-corrected chi connectivity index (χ4v) is 11.6. The van der Waals surface area contributed by atoms with Crippen molar-refractivity contribution in [1.82, 2.24) is 0 Å². The van der Waals surface area contributed by atoms with Crippen LogP contribution in [-0.2, 0) is 5.41 Å². The minimum absolute atomic E-state index is 0.623. The van der Waals surface area contributed by atoms with Gasteiger partial charge in [0, 0.05) is 38.8 Å². The molecule has 0 fully saturated rings. The molecule has 70 heavy (non-hydrogen) atoms. The van der Waals surface area contributed by atoms with Crippen LogP contribution in [0.3, 0.4) is 0 Å². The predicted octanol–water partition coefficient (Wildman–Crippen LogP) is 18.2. The molecule has 328 valence electrons. The van der Waals surface area contributed by atoms with Gasteiger partial charge in [0.2, 0.25) is 0 Å². The summed E-state index contributed by atoms with van der Waals surface area (Å²) in [6.45, 7) is 0. The first kappa shape index (κ1) is 39.9. The second-order valence-electron chi connectivity index (χ2n) is 18.3. The lowest BCUT2D eigenvalue weighted by atomic mass is 9.66. The Morgan fingerprint density at radius 3 is 1.54 bits per heavy atom. The lowest BCUT2D eigenvalue weighted by Gasteiger charge is -2.39. The number of fused-ring (bicyclic) bond motifs is 12. The van der Waals surface area contributed by atoms with Gasteiger partial charge in [-0.1, -0.05) is 200 Å². The van der Waals surface area contributed by atoms with Crippen LogP contribution in [0.2, 0.25) is 0 Å². The molecule has 0 amide bonds. The zero-order valence-electron chi connectivity index (χ0n) is 38.1. The summed E-state index contributed by atoms with van der Waals surface area (Å²) in [7, 11) is 0. The number of furan rings is 1. The molecule has 1 spiro atoms. The molecule has 0 bridgehead atoms. The van der Waals surface area contributed by atoms with Gasteiger partial charge in [-0.3, -0.25) is 0 Å². The third-order valence-electron chi connectivity index (χ3n) is 14.6. The molecule has 12 aromatic rings. The summed E-state index contributed by atoms with van der Waals surface area (Å²) >= 11 is 0. The fraction of sp³-hybridized carbons (Fsp3) is 0.0149. The highest BCUT2D eigenvalue weighted by molar-refractivity contribution is 6.12. The van der Waals surface area contributed by atoms with Crippen molar-refractivity contribution in [2.75, 3.05) is 4.90 Å². The number of nitrogens with zero attached hydrogens (tertiary/aromatic N) is 1. The number of rotatable bonds is 7. The molecule has 0 atom stereocenters. The van der Waals surface area contributed by atoms with Gasteiger partial charge >= 0.3 is 0 Å². The first-order valence-corrected chi connectivity index (χ1v) is 24.0. The maximum atomic E-state index is 6.74. The van der Waals surface area contributed by atoms with Gasteiger partial charge in [0.05, 0.1) is 11.1 Å². The Kier molecular flexibility index (Phi) is 9.11. The zero-order valence-corrected chi connectivity index (χ0v) is 38.1. The monoisotopic (exact) mass is 893 g/mol. The third kappa shape index (κ3) is 6.08. The van der Waals surface area contributed by atoms with E-state index < -0.39 is 5.41 Å². The second kappa shape index (κ2) is 16.0. The molecule has 11 aromatic carbocycles. The Morgan fingerprint density at radius 2 is 0.814 bits per heavy atom. The van der Waals surface area contributed by atoms with Gasteiger partial charge in [-0.25, -0.2) is 0 Å². The van der Waals surface area contributed by atoms with Crippen molar-refractivity contribution in [2.24, 2.45) is 0 Å². The van der Waals surface area contributed by atoms with E-state index in [1.807, 2.05) is 12.1 Å². The van der Waals surface area contributed by atoms with Crippen LogP contribution >= 0.6 is 0 Å². The molecule has 14 rings (SSSR count). The van der Waals surface area contributed by atoms with Crippen LogP contribution in [-0.4, -0.2) is 0 Å². The van der Waals surface area contributed by atoms with Crippen LogP contribution in [0.4, 0.5) is 17.1 Å². The average molecular weight is 894 g/mol. The standard InChI is InChI=1S/C67H43NO2/c1-3-18-44(19-4-1)50-22-7-8-23-51(50)47-36-41-61(56(42-47)45-20-5-2-6-21-45)68(48-37-34-46(35-38-48)52-26-17-33-65-66(52)55-25-10-14-30-62(55)69-65)49-39-40-54-53-24-9-11-27-57(53)67(60(54)43-49)58-28-12-15-31-63(58)70-64-32-16-13-29-59(64)67/h1-43H. The van der Waals surface area contributed by atoms with Gasteiger partial charge < -0.3 is 14.1 Å². The summed E-state index contributed by atoms with van der Waals surface area (Å²) in [6.07, 6.45) is 0. The molecule has 0 radical (unpaired) electrons. The molecule has 3 nitrogen and oxygen atoms in total. The van der Waals surface area contributed by atoms with Crippen molar-refractivity contribution in [3.05, 3.63) is 283 Å². The highest BCUT2D eigenvalue weighted by Gasteiger charge is 2.51. The van der Waals surface area contributed by atoms with E-state index in [1.165, 1.54) is 38.9 Å². The van der Waals surface area contributed by atoms with Crippen molar-refractivity contribution in [2.45, 2.75) is 5.41 Å². The van der Waals surface area contributed by atoms with E-state index in [2.05, 4.69) is 254 Å². The summed E-state index contributed by atoms with van der Waals surface area (Å²) in [5.74, 6) is 1.75. The Morgan fingerprint density at radius 1 is 0.300 bits per heavy atom. The number of anilines is 3. The minimum atomic E-state index is -0.623. The van der Waals surface area contributed by atoms with Crippen molar-refractivity contribution >= 4 is 39.0 Å². The molecule has 0 saturated heterocycles. The van der Waals surface area contributed by atoms with Crippen LogP contribution in [0.1, 0.15) is 22.3 Å². The lowest BCUT2D eigenvalue weighted by Crippen LogP contribution is -2.32. The number of benzene rings is 11. The van der Waals surface area contributed by atoms with Crippen molar-refractivity contribution in [3.8, 4) is 67.1 Å². The first-order chi connectivity index (χ1) is 34.7. The van der Waals surface area contributed by atoms with Gasteiger partial charge in [0.25, 0.3) is 0 Å². The molecule has 0 saturated carbocycles. The average Bonchev–Trinajstić information content (AvgIpc) is 3.96. The molecular weight excluding hydrogens is 851 g/mol. The van der Waals surface area contributed by atoms with Crippen LogP contribution in [0, 0.1) is 0 Å². The normalized spacial score (nSPS) is 12.8.